The minimum atomic E-state index is -0.640. The molecule has 1 aromatic rings. The summed E-state index contributed by atoms with van der Waals surface area (Å²) < 4.78 is 10.9. The predicted octanol–water partition coefficient (Wildman–Crippen LogP) is 2.36. The van der Waals surface area contributed by atoms with Gasteiger partial charge in [-0.3, -0.25) is 0 Å². The lowest BCUT2D eigenvalue weighted by atomic mass is 9.90. The Bertz CT molecular complexity index is 841. The van der Waals surface area contributed by atoms with Crippen molar-refractivity contribution in [2.75, 3.05) is 6.61 Å². The van der Waals surface area contributed by atoms with Gasteiger partial charge < -0.3 is 25.8 Å². The van der Waals surface area contributed by atoms with Crippen molar-refractivity contribution in [3.05, 3.63) is 41.1 Å². The van der Waals surface area contributed by atoms with E-state index in [0.717, 1.165) is 12.8 Å². The van der Waals surface area contributed by atoms with E-state index < -0.39 is 24.0 Å². The van der Waals surface area contributed by atoms with E-state index in [4.69, 9.17) is 9.47 Å². The van der Waals surface area contributed by atoms with Crippen molar-refractivity contribution in [3.63, 3.8) is 0 Å². The number of nitrogens with one attached hydrogen (secondary N) is 2. The van der Waals surface area contributed by atoms with Crippen molar-refractivity contribution in [3.8, 4) is 5.75 Å². The number of allylic oxidation sites excluding steroid dienone is 1. The summed E-state index contributed by atoms with van der Waals surface area (Å²) in [5, 5.41) is 5.56. The first-order valence-corrected chi connectivity index (χ1v) is 11.0. The van der Waals surface area contributed by atoms with Crippen molar-refractivity contribution in [2.24, 2.45) is 5.92 Å². The van der Waals surface area contributed by atoms with Crippen LogP contribution in [-0.2, 0) is 14.3 Å². The van der Waals surface area contributed by atoms with Crippen molar-refractivity contribution in [1.29, 1.82) is 0 Å². The molecule has 2 aliphatic rings. The third-order valence-electron chi connectivity index (χ3n) is 5.74. The van der Waals surface area contributed by atoms with Gasteiger partial charge in [-0.2, -0.15) is 0 Å². The molecule has 8 nitrogen and oxygen atoms in total. The molecule has 0 radical (unpaired) electrons. The second kappa shape index (κ2) is 10.4. The minimum Gasteiger partial charge on any atom is -0.462 e. The summed E-state index contributed by atoms with van der Waals surface area (Å²) in [4.78, 5) is 37.0. The van der Waals surface area contributed by atoms with Crippen LogP contribution in [0.3, 0.4) is 0 Å². The Morgan fingerprint density at radius 2 is 1.84 bits per heavy atom. The van der Waals surface area contributed by atoms with Gasteiger partial charge in [0.05, 0.1) is 18.2 Å². The van der Waals surface area contributed by atoms with E-state index in [-0.39, 0.29) is 6.03 Å². The molecule has 31 heavy (non-hydrogen) atoms. The van der Waals surface area contributed by atoms with E-state index in [1.807, 2.05) is 6.92 Å². The largest absolute Gasteiger partial charge is 0.462 e. The molecular formula is C23H32N3O5+. The summed E-state index contributed by atoms with van der Waals surface area (Å²) in [6.07, 6.45) is 6.25. The average molecular weight is 431 g/mol. The van der Waals surface area contributed by atoms with Crippen molar-refractivity contribution >= 4 is 18.0 Å². The summed E-state index contributed by atoms with van der Waals surface area (Å²) in [6, 6.07) is 5.25. The molecule has 0 bridgehead atoms. The highest BCUT2D eigenvalue weighted by atomic mass is 16.5. The Kier molecular flexibility index (Phi) is 7.68. The van der Waals surface area contributed by atoms with Gasteiger partial charge >= 0.3 is 18.0 Å². The number of carbonyl (C=O) groups is 3. The van der Waals surface area contributed by atoms with Crippen LogP contribution in [0.25, 0.3) is 0 Å². The number of rotatable bonds is 7. The second-order valence-corrected chi connectivity index (χ2v) is 8.27. The van der Waals surface area contributed by atoms with Gasteiger partial charge in [0.2, 0.25) is 0 Å². The molecule has 168 valence electrons. The number of hydrogen-bond acceptors (Lipinski definition) is 5. The third kappa shape index (κ3) is 5.85. The Morgan fingerprint density at radius 1 is 1.16 bits per heavy atom. The van der Waals surface area contributed by atoms with Gasteiger partial charge in [-0.15, -0.1) is 0 Å². The van der Waals surface area contributed by atoms with Crippen LogP contribution < -0.4 is 21.1 Å². The van der Waals surface area contributed by atoms with E-state index in [1.165, 1.54) is 19.3 Å². The normalized spacial score (nSPS) is 20.5. The molecule has 1 fully saturated rings. The summed E-state index contributed by atoms with van der Waals surface area (Å²) >= 11 is 0. The molecule has 1 heterocycles. The van der Waals surface area contributed by atoms with Crippen LogP contribution in [0.5, 0.6) is 5.75 Å². The second-order valence-electron chi connectivity index (χ2n) is 8.27. The number of hydrogen-bond donors (Lipinski definition) is 3. The van der Waals surface area contributed by atoms with Gasteiger partial charge in [0.15, 0.2) is 6.04 Å². The SMILES string of the molecule is CCC1=C(C(=O)OCC2CCCCC2)[C@H](c2ccc(OC(=O)[C@H](C)[NH3+])cc2)NC(=O)N1. The molecular weight excluding hydrogens is 398 g/mol. The maximum Gasteiger partial charge on any atom is 0.369 e. The molecule has 0 spiro atoms. The monoisotopic (exact) mass is 430 g/mol. The molecule has 2 atom stereocenters. The van der Waals surface area contributed by atoms with E-state index in [1.54, 1.807) is 31.2 Å². The Hall–Kier alpha value is -2.87. The zero-order valence-electron chi connectivity index (χ0n) is 18.2. The lowest BCUT2D eigenvalue weighted by molar-refractivity contribution is -0.401. The van der Waals surface area contributed by atoms with Crippen molar-refractivity contribution in [1.82, 2.24) is 10.6 Å². The minimum absolute atomic E-state index is 0.368. The van der Waals surface area contributed by atoms with E-state index in [2.05, 4.69) is 16.4 Å². The van der Waals surface area contributed by atoms with Gasteiger partial charge in [-0.25, -0.2) is 14.4 Å². The first-order chi connectivity index (χ1) is 14.9. The number of esters is 2. The molecule has 1 saturated carbocycles. The lowest BCUT2D eigenvalue weighted by Crippen LogP contribution is -2.64. The quantitative estimate of drug-likeness (QED) is 0.453. The number of urea groups is 1. The van der Waals surface area contributed by atoms with Crippen molar-refractivity contribution in [2.45, 2.75) is 64.5 Å². The molecule has 5 N–H and O–H groups in total. The summed E-state index contributed by atoms with van der Waals surface area (Å²) in [5.74, 6) is -0.0626. The van der Waals surface area contributed by atoms with Gasteiger partial charge in [0, 0.05) is 5.70 Å². The average Bonchev–Trinajstić information content (AvgIpc) is 2.78. The first-order valence-electron chi connectivity index (χ1n) is 11.0. The maximum atomic E-state index is 13.0. The summed E-state index contributed by atoms with van der Waals surface area (Å²) in [6.45, 7) is 3.94. The molecule has 8 heteroatoms. The van der Waals surface area contributed by atoms with E-state index in [0.29, 0.717) is 41.5 Å². The van der Waals surface area contributed by atoms with Crippen LogP contribution in [0.4, 0.5) is 4.79 Å². The van der Waals surface area contributed by atoms with Crippen LogP contribution in [0, 0.1) is 5.92 Å². The zero-order chi connectivity index (χ0) is 22.4. The summed E-state index contributed by atoms with van der Waals surface area (Å²) in [7, 11) is 0. The van der Waals surface area contributed by atoms with Crippen molar-refractivity contribution < 1.29 is 29.6 Å². The van der Waals surface area contributed by atoms with E-state index >= 15 is 0 Å². The number of carbonyl (C=O) groups excluding carboxylic acids is 3. The lowest BCUT2D eigenvalue weighted by Gasteiger charge is -2.30. The molecule has 1 aliphatic heterocycles. The van der Waals surface area contributed by atoms with Crippen LogP contribution in [-0.4, -0.2) is 30.6 Å². The van der Waals surface area contributed by atoms with Crippen LogP contribution in [0.15, 0.2) is 35.5 Å². The molecule has 0 aromatic heterocycles. The van der Waals surface area contributed by atoms with Crippen LogP contribution in [0.2, 0.25) is 0 Å². The highest BCUT2D eigenvalue weighted by Crippen LogP contribution is 2.31. The Labute approximate surface area is 182 Å². The molecule has 1 aliphatic carbocycles. The molecule has 0 unspecified atom stereocenters. The third-order valence-corrected chi connectivity index (χ3v) is 5.74. The van der Waals surface area contributed by atoms with Gasteiger partial charge in [-0.05, 0) is 49.8 Å². The summed E-state index contributed by atoms with van der Waals surface area (Å²) in [5.41, 5.74) is 5.32. The van der Waals surface area contributed by atoms with Gasteiger partial charge in [0.25, 0.3) is 0 Å². The highest BCUT2D eigenvalue weighted by Gasteiger charge is 2.33. The highest BCUT2D eigenvalue weighted by molar-refractivity contribution is 5.95. The molecule has 1 aromatic carbocycles. The first kappa shape index (κ1) is 22.8. The maximum absolute atomic E-state index is 13.0. The topological polar surface area (TPSA) is 121 Å². The van der Waals surface area contributed by atoms with Crippen LogP contribution in [0.1, 0.15) is 64.0 Å². The zero-order valence-corrected chi connectivity index (χ0v) is 18.2. The standard InChI is InChI=1S/C23H31N3O5/c1-3-18-19(22(28)30-13-15-7-5-4-6-8-15)20(26-23(29)25-18)16-9-11-17(12-10-16)31-21(27)14(2)24/h9-12,14-15,20H,3-8,13,24H2,1-2H3,(H2,25,26,29)/p+1/t14-,20-/m0/s1. The smallest absolute Gasteiger partial charge is 0.369 e. The molecule has 3 rings (SSSR count). The van der Waals surface area contributed by atoms with Gasteiger partial charge in [-0.1, -0.05) is 38.3 Å². The number of quaternary nitrogens is 1. The number of amides is 2. The molecule has 0 saturated heterocycles. The molecule has 2 amide bonds. The predicted molar refractivity (Wildman–Crippen MR) is 114 cm³/mol. The Morgan fingerprint density at radius 3 is 2.45 bits per heavy atom. The number of ether oxygens (including phenoxy) is 2. The number of benzene rings is 1. The fraction of sp³-hybridized carbons (Fsp3) is 0.522. The fourth-order valence-electron chi connectivity index (χ4n) is 3.96. The van der Waals surface area contributed by atoms with Crippen LogP contribution >= 0.6 is 0 Å². The van der Waals surface area contributed by atoms with E-state index in [9.17, 15) is 14.4 Å². The Balaban J connectivity index is 1.78. The van der Waals surface area contributed by atoms with Gasteiger partial charge in [0.1, 0.15) is 5.75 Å². The fourth-order valence-corrected chi connectivity index (χ4v) is 3.96.